The van der Waals surface area contributed by atoms with Crippen molar-refractivity contribution in [2.45, 2.75) is 36.7 Å². The fourth-order valence-electron chi connectivity index (χ4n) is 4.46. The van der Waals surface area contributed by atoms with Crippen molar-refractivity contribution >= 4 is 49.3 Å². The number of ketones is 1. The molecule has 0 aliphatic carbocycles. The Balaban J connectivity index is 1.57. The highest BCUT2D eigenvalue weighted by molar-refractivity contribution is 9.10. The zero-order chi connectivity index (χ0) is 26.8. The Kier molecular flexibility index (Phi) is 8.18. The molecular formula is C27H24BrClFNO5S. The lowest BCUT2D eigenvalue weighted by molar-refractivity contribution is -0.154. The molecule has 1 aliphatic rings. The highest BCUT2D eigenvalue weighted by Gasteiger charge is 2.46. The van der Waals surface area contributed by atoms with Gasteiger partial charge in [0.15, 0.2) is 5.78 Å². The summed E-state index contributed by atoms with van der Waals surface area (Å²) in [6.07, 6.45) is 0.343. The number of piperidine rings is 1. The second kappa shape index (κ2) is 11.0. The Morgan fingerprint density at radius 2 is 1.73 bits per heavy atom. The van der Waals surface area contributed by atoms with Crippen LogP contribution in [0.4, 0.5) is 4.39 Å². The van der Waals surface area contributed by atoms with E-state index >= 15 is 0 Å². The number of esters is 1. The van der Waals surface area contributed by atoms with Gasteiger partial charge < -0.3 is 4.74 Å². The van der Waals surface area contributed by atoms with Crippen molar-refractivity contribution in [3.05, 3.63) is 98.7 Å². The molecule has 0 N–H and O–H groups in total. The van der Waals surface area contributed by atoms with Gasteiger partial charge in [0.25, 0.3) is 0 Å². The summed E-state index contributed by atoms with van der Waals surface area (Å²) in [6, 6.07) is 18.0. The predicted molar refractivity (Wildman–Crippen MR) is 141 cm³/mol. The Bertz CT molecular complexity index is 1440. The number of ether oxygens (including phenoxy) is 1. The summed E-state index contributed by atoms with van der Waals surface area (Å²) in [5.41, 5.74) is 0.0325. The highest BCUT2D eigenvalue weighted by Crippen LogP contribution is 2.39. The SMILES string of the molecule is CC(=O)c1cccc(S(=O)(=O)N2CCC(C(=O)OCc3ccc(Br)c(Cl)c3F)(c3ccccc3)CC2)c1. The number of nitrogens with zero attached hydrogens (tertiary/aromatic N) is 1. The molecule has 0 atom stereocenters. The molecule has 37 heavy (non-hydrogen) atoms. The number of hydrogen-bond acceptors (Lipinski definition) is 5. The normalized spacial score (nSPS) is 15.8. The topological polar surface area (TPSA) is 80.8 Å². The van der Waals surface area contributed by atoms with E-state index in [9.17, 15) is 22.4 Å². The molecular weight excluding hydrogens is 585 g/mol. The Labute approximate surface area is 228 Å². The van der Waals surface area contributed by atoms with E-state index in [-0.39, 0.29) is 53.8 Å². The number of halogens is 3. The van der Waals surface area contributed by atoms with E-state index in [0.29, 0.717) is 15.6 Å². The van der Waals surface area contributed by atoms with Gasteiger partial charge in [0.05, 0.1) is 15.3 Å². The number of carbonyl (C=O) groups excluding carboxylic acids is 2. The third-order valence-electron chi connectivity index (χ3n) is 6.65. The molecule has 0 amide bonds. The molecule has 1 heterocycles. The maximum Gasteiger partial charge on any atom is 0.316 e. The van der Waals surface area contributed by atoms with Crippen molar-refractivity contribution in [2.75, 3.05) is 13.1 Å². The second-order valence-electron chi connectivity index (χ2n) is 8.85. The van der Waals surface area contributed by atoms with Gasteiger partial charge in [0.2, 0.25) is 10.0 Å². The van der Waals surface area contributed by atoms with Crippen LogP contribution in [0.25, 0.3) is 0 Å². The number of sulfonamides is 1. The second-order valence-corrected chi connectivity index (χ2v) is 12.0. The van der Waals surface area contributed by atoms with Gasteiger partial charge in [-0.1, -0.05) is 60.1 Å². The minimum Gasteiger partial charge on any atom is -0.460 e. The Morgan fingerprint density at radius 3 is 2.38 bits per heavy atom. The average Bonchev–Trinajstić information content (AvgIpc) is 2.91. The first-order valence-corrected chi connectivity index (χ1v) is 14.1. The number of carbonyl (C=O) groups is 2. The Hall–Kier alpha value is -2.59. The van der Waals surface area contributed by atoms with E-state index in [4.69, 9.17) is 16.3 Å². The fourth-order valence-corrected chi connectivity index (χ4v) is 6.44. The van der Waals surface area contributed by atoms with Gasteiger partial charge in [-0.05, 0) is 59.5 Å². The number of Topliss-reactive ketones (excluding diaryl/α,β-unsaturated/α-hetero) is 1. The maximum atomic E-state index is 14.5. The van der Waals surface area contributed by atoms with E-state index < -0.39 is 27.2 Å². The van der Waals surface area contributed by atoms with Gasteiger partial charge in [-0.3, -0.25) is 9.59 Å². The molecule has 0 unspecified atom stereocenters. The summed E-state index contributed by atoms with van der Waals surface area (Å²) in [6.45, 7) is 1.19. The van der Waals surface area contributed by atoms with E-state index in [2.05, 4.69) is 15.9 Å². The molecule has 194 valence electrons. The van der Waals surface area contributed by atoms with Crippen molar-refractivity contribution in [1.82, 2.24) is 4.31 Å². The third-order valence-corrected chi connectivity index (χ3v) is 9.80. The molecule has 3 aromatic rings. The molecule has 10 heteroatoms. The van der Waals surface area contributed by atoms with Gasteiger partial charge >= 0.3 is 5.97 Å². The van der Waals surface area contributed by atoms with Gasteiger partial charge in [-0.2, -0.15) is 4.31 Å². The van der Waals surface area contributed by atoms with E-state index in [1.54, 1.807) is 36.4 Å². The Morgan fingerprint density at radius 1 is 1.05 bits per heavy atom. The first-order valence-electron chi connectivity index (χ1n) is 11.5. The van der Waals surface area contributed by atoms with Crippen molar-refractivity contribution in [2.24, 2.45) is 0 Å². The van der Waals surface area contributed by atoms with Crippen molar-refractivity contribution in [3.63, 3.8) is 0 Å². The number of rotatable bonds is 7. The standard InChI is InChI=1S/C27H24BrClFNO5S/c1-18(32)19-6-5-9-22(16-19)37(34,35)31-14-12-27(13-15-31,21-7-3-2-4-8-21)26(33)36-17-20-10-11-23(28)24(29)25(20)30/h2-11,16H,12-15,17H2,1H3. The van der Waals surface area contributed by atoms with Crippen LogP contribution in [0.3, 0.4) is 0 Å². The number of hydrogen-bond donors (Lipinski definition) is 0. The van der Waals surface area contributed by atoms with Gasteiger partial charge in [0.1, 0.15) is 12.4 Å². The van der Waals surface area contributed by atoms with Crippen molar-refractivity contribution < 1.29 is 27.1 Å². The average molecular weight is 609 g/mol. The minimum absolute atomic E-state index is 0.0255. The van der Waals surface area contributed by atoms with Crippen LogP contribution in [-0.2, 0) is 31.6 Å². The quantitative estimate of drug-likeness (QED) is 0.189. The van der Waals surface area contributed by atoms with Crippen LogP contribution in [0.1, 0.15) is 41.3 Å². The smallest absolute Gasteiger partial charge is 0.316 e. The van der Waals surface area contributed by atoms with Crippen LogP contribution in [0.15, 0.2) is 76.1 Å². The van der Waals surface area contributed by atoms with Gasteiger partial charge in [0, 0.05) is 28.7 Å². The van der Waals surface area contributed by atoms with Crippen molar-refractivity contribution in [3.8, 4) is 0 Å². The summed E-state index contributed by atoms with van der Waals surface area (Å²) in [5, 5.41) is -0.0984. The summed E-state index contributed by atoms with van der Waals surface area (Å²) in [4.78, 5) is 25.3. The summed E-state index contributed by atoms with van der Waals surface area (Å²) < 4.78 is 48.5. The molecule has 1 saturated heterocycles. The summed E-state index contributed by atoms with van der Waals surface area (Å²) in [7, 11) is -3.89. The van der Waals surface area contributed by atoms with Crippen LogP contribution in [-0.4, -0.2) is 37.6 Å². The van der Waals surface area contributed by atoms with E-state index in [1.165, 1.54) is 35.5 Å². The summed E-state index contributed by atoms with van der Waals surface area (Å²) >= 11 is 9.12. The monoisotopic (exact) mass is 607 g/mol. The van der Waals surface area contributed by atoms with Crippen molar-refractivity contribution in [1.29, 1.82) is 0 Å². The molecule has 3 aromatic carbocycles. The zero-order valence-corrected chi connectivity index (χ0v) is 23.1. The molecule has 6 nitrogen and oxygen atoms in total. The molecule has 1 fully saturated rings. The molecule has 4 rings (SSSR count). The molecule has 1 aliphatic heterocycles. The maximum absolute atomic E-state index is 14.5. The van der Waals surface area contributed by atoms with Crippen LogP contribution in [0.5, 0.6) is 0 Å². The molecule has 0 radical (unpaired) electrons. The highest BCUT2D eigenvalue weighted by atomic mass is 79.9. The largest absolute Gasteiger partial charge is 0.460 e. The molecule has 0 aromatic heterocycles. The van der Waals surface area contributed by atoms with Crippen LogP contribution >= 0.6 is 27.5 Å². The third kappa shape index (κ3) is 5.50. The van der Waals surface area contributed by atoms with Crippen LogP contribution in [0, 0.1) is 5.82 Å². The first kappa shape index (κ1) is 27.4. The molecule has 0 saturated carbocycles. The molecule has 0 bridgehead atoms. The summed E-state index contributed by atoms with van der Waals surface area (Å²) in [5.74, 6) is -1.47. The lowest BCUT2D eigenvalue weighted by Crippen LogP contribution is -2.49. The minimum atomic E-state index is -3.89. The fraction of sp³-hybridized carbons (Fsp3) is 0.259. The lowest BCUT2D eigenvalue weighted by Gasteiger charge is -2.39. The first-order chi connectivity index (χ1) is 17.6. The van der Waals surface area contributed by atoms with E-state index in [1.807, 2.05) is 6.07 Å². The van der Waals surface area contributed by atoms with Crippen LogP contribution < -0.4 is 0 Å². The lowest BCUT2D eigenvalue weighted by atomic mass is 9.73. The van der Waals surface area contributed by atoms with Gasteiger partial charge in [-0.15, -0.1) is 0 Å². The molecule has 0 spiro atoms. The van der Waals surface area contributed by atoms with Gasteiger partial charge in [-0.25, -0.2) is 12.8 Å². The zero-order valence-electron chi connectivity index (χ0n) is 19.9. The predicted octanol–water partition coefficient (Wildman–Crippen LogP) is 5.91. The number of benzene rings is 3. The van der Waals surface area contributed by atoms with Crippen LogP contribution in [0.2, 0.25) is 5.02 Å². The van der Waals surface area contributed by atoms with E-state index in [0.717, 1.165) is 0 Å².